The highest BCUT2D eigenvalue weighted by Crippen LogP contribution is 2.14. The Balaban J connectivity index is 2.48. The van der Waals surface area contributed by atoms with Gasteiger partial charge in [0.15, 0.2) is 0 Å². The van der Waals surface area contributed by atoms with E-state index in [0.29, 0.717) is 0 Å². The highest BCUT2D eigenvalue weighted by molar-refractivity contribution is 5.56. The van der Waals surface area contributed by atoms with E-state index in [4.69, 9.17) is 0 Å². The molecule has 0 unspecified atom stereocenters. The minimum Gasteiger partial charge on any atom is -0.345 e. The van der Waals surface area contributed by atoms with Crippen LogP contribution in [-0.2, 0) is 0 Å². The van der Waals surface area contributed by atoms with Crippen LogP contribution in [0.15, 0.2) is 36.7 Å². The number of aromatic amines is 1. The van der Waals surface area contributed by atoms with Gasteiger partial charge in [0.1, 0.15) is 5.82 Å². The van der Waals surface area contributed by atoms with E-state index in [2.05, 4.69) is 16.9 Å². The Morgan fingerprint density at radius 1 is 1.33 bits per heavy atom. The first kappa shape index (κ1) is 7.10. The van der Waals surface area contributed by atoms with E-state index in [1.165, 1.54) is 0 Å². The van der Waals surface area contributed by atoms with Crippen molar-refractivity contribution < 1.29 is 0 Å². The molecule has 1 N–H and O–H groups in total. The van der Waals surface area contributed by atoms with Gasteiger partial charge in [-0.05, 0) is 18.6 Å². The summed E-state index contributed by atoms with van der Waals surface area (Å²) in [6, 6.07) is 7.94. The van der Waals surface area contributed by atoms with Crippen LogP contribution in [0.25, 0.3) is 11.4 Å². The lowest BCUT2D eigenvalue weighted by atomic mass is 10.1. The number of imidazole rings is 1. The third-order valence-corrected chi connectivity index (χ3v) is 1.70. The molecule has 1 heterocycles. The van der Waals surface area contributed by atoms with Gasteiger partial charge in [0.25, 0.3) is 0 Å². The fourth-order valence-electron chi connectivity index (χ4n) is 1.14. The number of hydrogen-bond donors (Lipinski definition) is 1. The highest BCUT2D eigenvalue weighted by atomic mass is 14.9. The van der Waals surface area contributed by atoms with Crippen LogP contribution in [0, 0.1) is 6.92 Å². The molecule has 2 aromatic rings. The molecule has 0 atom stereocenters. The second-order valence-electron chi connectivity index (χ2n) is 2.64. The number of nitrogens with zero attached hydrogens (tertiary/aromatic N) is 1. The number of hydrogen-bond acceptors (Lipinski definition) is 1. The third kappa shape index (κ3) is 1.23. The lowest BCUT2D eigenvalue weighted by molar-refractivity contribution is 1.31. The van der Waals surface area contributed by atoms with Crippen molar-refractivity contribution in [3.05, 3.63) is 49.1 Å². The van der Waals surface area contributed by atoms with Crippen LogP contribution in [0.4, 0.5) is 0 Å². The van der Waals surface area contributed by atoms with Gasteiger partial charge in [-0.15, -0.1) is 0 Å². The summed E-state index contributed by atoms with van der Waals surface area (Å²) in [6.45, 7) is 3.85. The summed E-state index contributed by atoms with van der Waals surface area (Å²) in [5, 5.41) is 0. The van der Waals surface area contributed by atoms with Crippen LogP contribution < -0.4 is 0 Å². The fourth-order valence-corrected chi connectivity index (χ4v) is 1.14. The van der Waals surface area contributed by atoms with E-state index in [1.807, 2.05) is 30.5 Å². The number of aromatic nitrogens is 2. The Morgan fingerprint density at radius 3 is 2.92 bits per heavy atom. The first-order chi connectivity index (χ1) is 5.86. The average molecular weight is 157 g/mol. The molecule has 0 aliphatic carbocycles. The number of nitrogens with one attached hydrogen (secondary N) is 1. The standard InChI is InChI=1S/C10H9N2/c1-8-3-2-4-9(7-8)10-11-5-6-12-10/h2-7H,1H2,(H,11,12). The summed E-state index contributed by atoms with van der Waals surface area (Å²) in [7, 11) is 0. The molecule has 2 heteroatoms. The van der Waals surface area contributed by atoms with Gasteiger partial charge in [-0.1, -0.05) is 18.2 Å². The lowest BCUT2D eigenvalue weighted by Gasteiger charge is -1.96. The molecule has 59 valence electrons. The molecule has 12 heavy (non-hydrogen) atoms. The predicted octanol–water partition coefficient (Wildman–Crippen LogP) is 2.26. The molecule has 0 aliphatic rings. The van der Waals surface area contributed by atoms with Gasteiger partial charge in [0, 0.05) is 18.0 Å². The van der Waals surface area contributed by atoms with Crippen LogP contribution in [-0.4, -0.2) is 9.97 Å². The van der Waals surface area contributed by atoms with E-state index in [-0.39, 0.29) is 0 Å². The van der Waals surface area contributed by atoms with Gasteiger partial charge >= 0.3 is 0 Å². The van der Waals surface area contributed by atoms with Crippen LogP contribution in [0.2, 0.25) is 0 Å². The van der Waals surface area contributed by atoms with Crippen LogP contribution in [0.3, 0.4) is 0 Å². The van der Waals surface area contributed by atoms with Crippen molar-refractivity contribution in [1.29, 1.82) is 0 Å². The molecular weight excluding hydrogens is 148 g/mol. The monoisotopic (exact) mass is 157 g/mol. The summed E-state index contributed by atoms with van der Waals surface area (Å²) in [4.78, 5) is 7.19. The van der Waals surface area contributed by atoms with Crippen LogP contribution in [0.1, 0.15) is 5.56 Å². The molecule has 0 bridgehead atoms. The van der Waals surface area contributed by atoms with E-state index >= 15 is 0 Å². The summed E-state index contributed by atoms with van der Waals surface area (Å²) in [5.41, 5.74) is 2.08. The summed E-state index contributed by atoms with van der Waals surface area (Å²) < 4.78 is 0. The summed E-state index contributed by atoms with van der Waals surface area (Å²) in [6.07, 6.45) is 3.55. The van der Waals surface area contributed by atoms with Crippen molar-refractivity contribution in [3.8, 4) is 11.4 Å². The predicted molar refractivity (Wildman–Crippen MR) is 48.5 cm³/mol. The van der Waals surface area contributed by atoms with Gasteiger partial charge < -0.3 is 4.98 Å². The zero-order chi connectivity index (χ0) is 8.39. The minimum atomic E-state index is 0.889. The summed E-state index contributed by atoms with van der Waals surface area (Å²) in [5.74, 6) is 0.889. The Morgan fingerprint density at radius 2 is 2.25 bits per heavy atom. The molecule has 0 aliphatic heterocycles. The number of rotatable bonds is 1. The zero-order valence-corrected chi connectivity index (χ0v) is 6.62. The first-order valence-corrected chi connectivity index (χ1v) is 3.78. The maximum Gasteiger partial charge on any atom is 0.137 e. The van der Waals surface area contributed by atoms with Gasteiger partial charge in [-0.25, -0.2) is 4.98 Å². The molecule has 0 amide bonds. The maximum atomic E-state index is 4.14. The van der Waals surface area contributed by atoms with Crippen molar-refractivity contribution in [2.45, 2.75) is 0 Å². The van der Waals surface area contributed by atoms with Crippen LogP contribution >= 0.6 is 0 Å². The third-order valence-electron chi connectivity index (χ3n) is 1.70. The molecule has 1 radical (unpaired) electrons. The molecule has 0 saturated carbocycles. The topological polar surface area (TPSA) is 28.7 Å². The van der Waals surface area contributed by atoms with E-state index < -0.39 is 0 Å². The number of benzene rings is 1. The fraction of sp³-hybridized carbons (Fsp3) is 0. The molecular formula is C10H9N2. The second kappa shape index (κ2) is 2.81. The average Bonchev–Trinajstić information content (AvgIpc) is 2.56. The smallest absolute Gasteiger partial charge is 0.137 e. The minimum absolute atomic E-state index is 0.889. The van der Waals surface area contributed by atoms with Crippen LogP contribution in [0.5, 0.6) is 0 Å². The Bertz CT molecular complexity index is 363. The van der Waals surface area contributed by atoms with Crippen molar-refractivity contribution >= 4 is 0 Å². The maximum absolute atomic E-state index is 4.14. The summed E-state index contributed by atoms with van der Waals surface area (Å²) >= 11 is 0. The normalized spacial score (nSPS) is 10.1. The van der Waals surface area contributed by atoms with Gasteiger partial charge in [-0.3, -0.25) is 0 Å². The molecule has 2 rings (SSSR count). The molecule has 0 spiro atoms. The quantitative estimate of drug-likeness (QED) is 0.675. The van der Waals surface area contributed by atoms with Gasteiger partial charge in [0.05, 0.1) is 0 Å². The van der Waals surface area contributed by atoms with Crippen molar-refractivity contribution in [2.24, 2.45) is 0 Å². The Labute approximate surface area is 71.3 Å². The molecule has 0 saturated heterocycles. The van der Waals surface area contributed by atoms with E-state index in [9.17, 15) is 0 Å². The largest absolute Gasteiger partial charge is 0.345 e. The molecule has 1 aromatic carbocycles. The van der Waals surface area contributed by atoms with Crippen molar-refractivity contribution in [1.82, 2.24) is 9.97 Å². The van der Waals surface area contributed by atoms with Gasteiger partial charge in [-0.2, -0.15) is 0 Å². The van der Waals surface area contributed by atoms with Crippen molar-refractivity contribution in [2.75, 3.05) is 0 Å². The zero-order valence-electron chi connectivity index (χ0n) is 6.62. The SMILES string of the molecule is [CH2]c1cccc(-c2ncc[nH]2)c1. The van der Waals surface area contributed by atoms with E-state index in [0.717, 1.165) is 17.0 Å². The second-order valence-corrected chi connectivity index (χ2v) is 2.64. The van der Waals surface area contributed by atoms with Crippen molar-refractivity contribution in [3.63, 3.8) is 0 Å². The number of H-pyrrole nitrogens is 1. The Kier molecular flexibility index (Phi) is 1.67. The molecule has 1 aromatic heterocycles. The lowest BCUT2D eigenvalue weighted by Crippen LogP contribution is -1.80. The Hall–Kier alpha value is -1.57. The van der Waals surface area contributed by atoms with Gasteiger partial charge in [0.2, 0.25) is 0 Å². The first-order valence-electron chi connectivity index (χ1n) is 3.78. The molecule has 0 fully saturated rings. The molecule has 2 nitrogen and oxygen atoms in total. The van der Waals surface area contributed by atoms with E-state index in [1.54, 1.807) is 6.20 Å². The highest BCUT2D eigenvalue weighted by Gasteiger charge is 1.97.